The third kappa shape index (κ3) is 1.95. The Morgan fingerprint density at radius 1 is 1.31 bits per heavy atom. The summed E-state index contributed by atoms with van der Waals surface area (Å²) < 4.78 is 16.0. The van der Waals surface area contributed by atoms with Crippen molar-refractivity contribution in [2.45, 2.75) is 25.0 Å². The zero-order valence-electron chi connectivity index (χ0n) is 9.02. The van der Waals surface area contributed by atoms with E-state index in [0.29, 0.717) is 25.7 Å². The molecule has 1 N–H and O–H groups in total. The fourth-order valence-electron chi connectivity index (χ4n) is 2.05. The first-order valence-electron chi connectivity index (χ1n) is 5.70. The lowest BCUT2D eigenvalue weighted by Crippen LogP contribution is -2.22. The third-order valence-electron chi connectivity index (χ3n) is 2.92. The van der Waals surface area contributed by atoms with Gasteiger partial charge in [-0.1, -0.05) is 5.16 Å². The number of ether oxygens (including phenoxy) is 2. The van der Waals surface area contributed by atoms with Gasteiger partial charge >= 0.3 is 0 Å². The first-order valence-corrected chi connectivity index (χ1v) is 5.70. The second-order valence-corrected chi connectivity index (χ2v) is 4.07. The first-order chi connectivity index (χ1) is 7.93. The lowest BCUT2D eigenvalue weighted by molar-refractivity contribution is -0.101. The molecule has 0 spiro atoms. The van der Waals surface area contributed by atoms with Crippen molar-refractivity contribution in [1.29, 1.82) is 0 Å². The van der Waals surface area contributed by atoms with Gasteiger partial charge in [-0.3, -0.25) is 0 Å². The number of hydrogen-bond donors (Lipinski definition) is 1. The maximum Gasteiger partial charge on any atom is 0.258 e. The third-order valence-corrected chi connectivity index (χ3v) is 2.92. The summed E-state index contributed by atoms with van der Waals surface area (Å²) in [5.41, 5.74) is 0. The van der Waals surface area contributed by atoms with Gasteiger partial charge in [-0.05, 0) is 19.4 Å². The van der Waals surface area contributed by atoms with E-state index in [0.717, 1.165) is 25.2 Å². The van der Waals surface area contributed by atoms with Gasteiger partial charge in [-0.15, -0.1) is 0 Å². The Morgan fingerprint density at radius 2 is 2.31 bits per heavy atom. The van der Waals surface area contributed by atoms with Crippen molar-refractivity contribution in [1.82, 2.24) is 15.5 Å². The molecule has 0 amide bonds. The molecule has 6 heteroatoms. The predicted molar refractivity (Wildman–Crippen MR) is 53.8 cm³/mol. The van der Waals surface area contributed by atoms with Crippen molar-refractivity contribution >= 4 is 0 Å². The molecule has 2 atom stereocenters. The van der Waals surface area contributed by atoms with Crippen LogP contribution in [0.1, 0.15) is 36.7 Å². The van der Waals surface area contributed by atoms with Crippen LogP contribution in [0.3, 0.4) is 0 Å². The number of nitrogens with zero attached hydrogens (tertiary/aromatic N) is 2. The van der Waals surface area contributed by atoms with Gasteiger partial charge < -0.3 is 19.3 Å². The van der Waals surface area contributed by atoms with Gasteiger partial charge in [0.2, 0.25) is 0 Å². The molecule has 2 aliphatic rings. The average Bonchev–Trinajstić information content (AvgIpc) is 3.01. The van der Waals surface area contributed by atoms with Crippen molar-refractivity contribution in [2.75, 3.05) is 26.4 Å². The van der Waals surface area contributed by atoms with E-state index in [9.17, 15) is 0 Å². The fourth-order valence-corrected chi connectivity index (χ4v) is 2.05. The van der Waals surface area contributed by atoms with Crippen molar-refractivity contribution in [3.8, 4) is 0 Å². The van der Waals surface area contributed by atoms with E-state index in [1.54, 1.807) is 0 Å². The van der Waals surface area contributed by atoms with Crippen LogP contribution in [0.15, 0.2) is 4.52 Å². The summed E-state index contributed by atoms with van der Waals surface area (Å²) in [6.07, 6.45) is 2.04. The van der Waals surface area contributed by atoms with E-state index in [1.807, 2.05) is 0 Å². The summed E-state index contributed by atoms with van der Waals surface area (Å²) in [5.74, 6) is 1.27. The van der Waals surface area contributed by atoms with Crippen LogP contribution in [0.2, 0.25) is 0 Å². The van der Waals surface area contributed by atoms with E-state index in [-0.39, 0.29) is 12.1 Å². The highest BCUT2D eigenvalue weighted by Gasteiger charge is 2.26. The van der Waals surface area contributed by atoms with E-state index in [1.165, 1.54) is 0 Å². The van der Waals surface area contributed by atoms with Gasteiger partial charge in [0.05, 0.1) is 25.9 Å². The van der Waals surface area contributed by atoms with Crippen LogP contribution >= 0.6 is 0 Å². The summed E-state index contributed by atoms with van der Waals surface area (Å²) in [6.45, 7) is 2.75. The summed E-state index contributed by atoms with van der Waals surface area (Å²) in [5, 5.41) is 7.32. The minimum Gasteiger partial charge on any atom is -0.376 e. The zero-order valence-corrected chi connectivity index (χ0v) is 9.02. The van der Waals surface area contributed by atoms with Crippen molar-refractivity contribution < 1.29 is 14.0 Å². The largest absolute Gasteiger partial charge is 0.376 e. The van der Waals surface area contributed by atoms with Gasteiger partial charge in [0.25, 0.3) is 5.89 Å². The Kier molecular flexibility index (Phi) is 2.86. The minimum absolute atomic E-state index is 0.198. The van der Waals surface area contributed by atoms with E-state index >= 15 is 0 Å². The van der Waals surface area contributed by atoms with Crippen molar-refractivity contribution in [3.63, 3.8) is 0 Å². The Labute approximate surface area is 93.3 Å². The molecule has 3 rings (SSSR count). The molecule has 16 heavy (non-hydrogen) atoms. The molecule has 0 bridgehead atoms. The molecule has 6 nitrogen and oxygen atoms in total. The summed E-state index contributed by atoms with van der Waals surface area (Å²) in [6, 6.07) is 0.238. The number of nitrogens with one attached hydrogen (secondary N) is 1. The van der Waals surface area contributed by atoms with Gasteiger partial charge in [-0.25, -0.2) is 0 Å². The topological polar surface area (TPSA) is 69.4 Å². The molecule has 0 radical (unpaired) electrons. The lowest BCUT2D eigenvalue weighted by Gasteiger charge is -2.19. The summed E-state index contributed by atoms with van der Waals surface area (Å²) in [4.78, 5) is 4.37. The zero-order chi connectivity index (χ0) is 10.8. The Balaban J connectivity index is 1.71. The molecule has 2 unspecified atom stereocenters. The molecule has 0 aliphatic carbocycles. The minimum atomic E-state index is -0.198. The fraction of sp³-hybridized carbons (Fsp3) is 0.800. The molecule has 2 aliphatic heterocycles. The highest BCUT2D eigenvalue weighted by atomic mass is 16.6. The first kappa shape index (κ1) is 10.2. The standard InChI is InChI=1S/C10H15N3O3/c1-2-7(11-3-1)9-12-10(16-13-9)8-6-14-4-5-15-8/h7-8,11H,1-6H2. The second-order valence-electron chi connectivity index (χ2n) is 4.07. The number of hydrogen-bond acceptors (Lipinski definition) is 6. The molecular weight excluding hydrogens is 210 g/mol. The highest BCUT2D eigenvalue weighted by molar-refractivity contribution is 4.98. The van der Waals surface area contributed by atoms with E-state index < -0.39 is 0 Å². The van der Waals surface area contributed by atoms with Gasteiger partial charge in [-0.2, -0.15) is 4.98 Å². The molecule has 1 aromatic heterocycles. The molecule has 2 fully saturated rings. The average molecular weight is 225 g/mol. The second kappa shape index (κ2) is 4.48. The van der Waals surface area contributed by atoms with Crippen LogP contribution in [-0.4, -0.2) is 36.5 Å². The maximum absolute atomic E-state index is 5.50. The van der Waals surface area contributed by atoms with Crippen molar-refractivity contribution in [3.05, 3.63) is 11.7 Å². The van der Waals surface area contributed by atoms with Crippen LogP contribution in [0.4, 0.5) is 0 Å². The Bertz CT molecular complexity index is 343. The summed E-state index contributed by atoms with van der Waals surface area (Å²) in [7, 11) is 0. The molecule has 2 saturated heterocycles. The normalized spacial score (nSPS) is 30.8. The molecule has 0 saturated carbocycles. The molecule has 1 aromatic rings. The van der Waals surface area contributed by atoms with Crippen molar-refractivity contribution in [2.24, 2.45) is 0 Å². The van der Waals surface area contributed by atoms with Crippen LogP contribution in [0, 0.1) is 0 Å². The smallest absolute Gasteiger partial charge is 0.258 e. The van der Waals surface area contributed by atoms with Crippen LogP contribution < -0.4 is 5.32 Å². The van der Waals surface area contributed by atoms with Gasteiger partial charge in [0.15, 0.2) is 11.9 Å². The quantitative estimate of drug-likeness (QED) is 0.794. The Hall–Kier alpha value is -0.980. The highest BCUT2D eigenvalue weighted by Crippen LogP contribution is 2.24. The summed E-state index contributed by atoms with van der Waals surface area (Å²) >= 11 is 0. The van der Waals surface area contributed by atoms with Crippen LogP contribution in [-0.2, 0) is 9.47 Å². The molecule has 0 aromatic carbocycles. The maximum atomic E-state index is 5.50. The van der Waals surface area contributed by atoms with E-state index in [2.05, 4.69) is 15.5 Å². The lowest BCUT2D eigenvalue weighted by atomic mass is 10.2. The molecule has 88 valence electrons. The van der Waals surface area contributed by atoms with E-state index in [4.69, 9.17) is 14.0 Å². The predicted octanol–water partition coefficient (Wildman–Crippen LogP) is 0.582. The van der Waals surface area contributed by atoms with Gasteiger partial charge in [0, 0.05) is 0 Å². The number of aromatic nitrogens is 2. The molecule has 3 heterocycles. The van der Waals surface area contributed by atoms with Gasteiger partial charge in [0.1, 0.15) is 0 Å². The van der Waals surface area contributed by atoms with Crippen LogP contribution in [0.5, 0.6) is 0 Å². The monoisotopic (exact) mass is 225 g/mol. The van der Waals surface area contributed by atoms with Crippen LogP contribution in [0.25, 0.3) is 0 Å². The SMILES string of the molecule is C1CNC(c2noc(C3COCCO3)n2)C1. The molecular formula is C10H15N3O3. The number of rotatable bonds is 2. The Morgan fingerprint density at radius 3 is 3.06 bits per heavy atom.